The van der Waals surface area contributed by atoms with Crippen LogP contribution in [0.2, 0.25) is 0 Å². The van der Waals surface area contributed by atoms with Crippen molar-refractivity contribution >= 4 is 17.5 Å². The minimum absolute atomic E-state index is 0.109. The van der Waals surface area contributed by atoms with Gasteiger partial charge in [0.1, 0.15) is 5.75 Å². The Morgan fingerprint density at radius 3 is 2.53 bits per heavy atom. The predicted octanol–water partition coefficient (Wildman–Crippen LogP) is 1.60. The second-order valence-corrected chi connectivity index (χ2v) is 4.76. The molecule has 0 aromatic heterocycles. The molecule has 2 amide bonds. The number of carbonyl (C=O) groups excluding carboxylic acids is 2. The molecule has 0 aliphatic carbocycles. The van der Waals surface area contributed by atoms with Crippen molar-refractivity contribution in [1.29, 1.82) is 0 Å². The Morgan fingerprint density at radius 2 is 2.00 bits per heavy atom. The normalized spacial score (nSPS) is 14.8. The van der Waals surface area contributed by atoms with Crippen LogP contribution in [0.25, 0.3) is 0 Å². The number of nitrogens with zero attached hydrogens (tertiary/aromatic N) is 1. The Bertz CT molecular complexity index is 507. The second-order valence-electron chi connectivity index (χ2n) is 4.76. The van der Waals surface area contributed by atoms with Crippen molar-refractivity contribution in [3.05, 3.63) is 23.8 Å². The van der Waals surface area contributed by atoms with E-state index in [9.17, 15) is 9.59 Å². The molecule has 5 nitrogen and oxygen atoms in total. The quantitative estimate of drug-likeness (QED) is 0.900. The third-order valence-corrected chi connectivity index (χ3v) is 3.33. The molecular weight excluding hydrogens is 244 g/mol. The highest BCUT2D eigenvalue weighted by atomic mass is 16.5. The first kappa shape index (κ1) is 13.4. The fraction of sp³-hybridized carbons (Fsp3) is 0.429. The van der Waals surface area contributed by atoms with E-state index >= 15 is 0 Å². The molecule has 0 unspecified atom stereocenters. The van der Waals surface area contributed by atoms with Crippen molar-refractivity contribution in [2.45, 2.75) is 19.8 Å². The highest BCUT2D eigenvalue weighted by molar-refractivity contribution is 5.90. The van der Waals surface area contributed by atoms with Crippen LogP contribution in [0.4, 0.5) is 5.69 Å². The Kier molecular flexibility index (Phi) is 3.74. The molecule has 0 atom stereocenters. The average molecular weight is 262 g/mol. The van der Waals surface area contributed by atoms with Crippen LogP contribution in [0.3, 0.4) is 0 Å². The van der Waals surface area contributed by atoms with Crippen LogP contribution in [-0.4, -0.2) is 36.9 Å². The third-order valence-electron chi connectivity index (χ3n) is 3.33. The van der Waals surface area contributed by atoms with Gasteiger partial charge < -0.3 is 15.0 Å². The van der Waals surface area contributed by atoms with Crippen molar-refractivity contribution in [3.63, 3.8) is 0 Å². The van der Waals surface area contributed by atoms with Gasteiger partial charge in [-0.1, -0.05) is 6.07 Å². The van der Waals surface area contributed by atoms with Crippen molar-refractivity contribution in [1.82, 2.24) is 4.90 Å². The lowest BCUT2D eigenvalue weighted by atomic mass is 9.91. The Balaban J connectivity index is 2.12. The van der Waals surface area contributed by atoms with Crippen LogP contribution in [0.15, 0.2) is 18.2 Å². The first-order valence-corrected chi connectivity index (χ1v) is 6.22. The number of likely N-dealkylation sites (tertiary alicyclic amines) is 1. The van der Waals surface area contributed by atoms with Gasteiger partial charge in [0.05, 0.1) is 12.8 Å². The maximum absolute atomic E-state index is 11.2. The van der Waals surface area contributed by atoms with Crippen molar-refractivity contribution in [2.75, 3.05) is 25.5 Å². The SMILES string of the molecule is COc1cc(C2CN(C(C)=O)C2)ccc1NC(C)=O. The molecule has 1 aliphatic rings. The molecule has 5 heteroatoms. The maximum Gasteiger partial charge on any atom is 0.221 e. The van der Waals surface area contributed by atoms with E-state index in [4.69, 9.17) is 4.74 Å². The van der Waals surface area contributed by atoms with E-state index in [-0.39, 0.29) is 11.8 Å². The summed E-state index contributed by atoms with van der Waals surface area (Å²) in [7, 11) is 1.58. The zero-order valence-electron chi connectivity index (χ0n) is 11.4. The largest absolute Gasteiger partial charge is 0.495 e. The van der Waals surface area contributed by atoms with Gasteiger partial charge in [0.2, 0.25) is 11.8 Å². The summed E-state index contributed by atoms with van der Waals surface area (Å²) in [4.78, 5) is 24.0. The van der Waals surface area contributed by atoms with E-state index in [1.165, 1.54) is 6.92 Å². The molecule has 19 heavy (non-hydrogen) atoms. The maximum atomic E-state index is 11.2. The topological polar surface area (TPSA) is 58.6 Å². The van der Waals surface area contributed by atoms with E-state index in [1.807, 2.05) is 18.2 Å². The molecule has 1 aromatic rings. The summed E-state index contributed by atoms with van der Waals surface area (Å²) in [6.45, 7) is 4.54. The van der Waals surface area contributed by atoms with Crippen molar-refractivity contribution in [2.24, 2.45) is 0 Å². The summed E-state index contributed by atoms with van der Waals surface area (Å²) in [5.41, 5.74) is 1.80. The number of hydrogen-bond acceptors (Lipinski definition) is 3. The lowest BCUT2D eigenvalue weighted by molar-refractivity contribution is -0.133. The Morgan fingerprint density at radius 1 is 1.32 bits per heavy atom. The van der Waals surface area contributed by atoms with E-state index in [2.05, 4.69) is 5.32 Å². The lowest BCUT2D eigenvalue weighted by Gasteiger charge is -2.39. The van der Waals surface area contributed by atoms with Gasteiger partial charge in [-0.2, -0.15) is 0 Å². The number of amides is 2. The third kappa shape index (κ3) is 2.86. The average Bonchev–Trinajstić information content (AvgIpc) is 2.27. The van der Waals surface area contributed by atoms with Crippen LogP contribution in [0.1, 0.15) is 25.3 Å². The van der Waals surface area contributed by atoms with E-state index in [1.54, 1.807) is 18.9 Å². The van der Waals surface area contributed by atoms with Crippen LogP contribution in [0.5, 0.6) is 5.75 Å². The van der Waals surface area contributed by atoms with Gasteiger partial charge in [-0.25, -0.2) is 0 Å². The van der Waals surface area contributed by atoms with Gasteiger partial charge in [-0.3, -0.25) is 9.59 Å². The summed E-state index contributed by atoms with van der Waals surface area (Å²) in [5.74, 6) is 0.980. The van der Waals surface area contributed by atoms with Gasteiger partial charge >= 0.3 is 0 Å². The van der Waals surface area contributed by atoms with E-state index in [0.29, 0.717) is 17.4 Å². The number of anilines is 1. The molecule has 0 bridgehead atoms. The fourth-order valence-corrected chi connectivity index (χ4v) is 2.20. The van der Waals surface area contributed by atoms with Gasteiger partial charge in [0, 0.05) is 32.9 Å². The lowest BCUT2D eigenvalue weighted by Crippen LogP contribution is -2.47. The van der Waals surface area contributed by atoms with Crippen molar-refractivity contribution in [3.8, 4) is 5.75 Å². The van der Waals surface area contributed by atoms with Crippen molar-refractivity contribution < 1.29 is 14.3 Å². The number of ether oxygens (including phenoxy) is 1. The molecule has 1 N–H and O–H groups in total. The summed E-state index contributed by atoms with van der Waals surface area (Å²) in [6.07, 6.45) is 0. The Hall–Kier alpha value is -2.04. The molecule has 1 aliphatic heterocycles. The number of methoxy groups -OCH3 is 1. The summed E-state index contributed by atoms with van der Waals surface area (Å²) < 4.78 is 5.28. The van der Waals surface area contributed by atoms with Crippen LogP contribution in [-0.2, 0) is 9.59 Å². The zero-order valence-corrected chi connectivity index (χ0v) is 11.4. The van der Waals surface area contributed by atoms with E-state index in [0.717, 1.165) is 18.7 Å². The molecule has 1 aromatic carbocycles. The summed E-state index contributed by atoms with van der Waals surface area (Å²) in [5, 5.41) is 2.73. The van der Waals surface area contributed by atoms with Crippen LogP contribution < -0.4 is 10.1 Å². The zero-order chi connectivity index (χ0) is 14.0. The highest BCUT2D eigenvalue weighted by Crippen LogP contribution is 2.33. The molecule has 0 spiro atoms. The van der Waals surface area contributed by atoms with E-state index < -0.39 is 0 Å². The fourth-order valence-electron chi connectivity index (χ4n) is 2.20. The van der Waals surface area contributed by atoms with Gasteiger partial charge in [-0.15, -0.1) is 0 Å². The molecule has 0 saturated carbocycles. The molecular formula is C14H18N2O3. The monoisotopic (exact) mass is 262 g/mol. The Labute approximate surface area is 112 Å². The molecule has 1 fully saturated rings. The number of hydrogen-bond donors (Lipinski definition) is 1. The smallest absolute Gasteiger partial charge is 0.221 e. The standard InChI is InChI=1S/C14H18N2O3/c1-9(17)15-13-5-4-11(6-14(13)19-3)12-7-16(8-12)10(2)18/h4-6,12H,7-8H2,1-3H3,(H,15,17). The number of carbonyl (C=O) groups is 2. The summed E-state index contributed by atoms with van der Waals surface area (Å²) >= 11 is 0. The molecule has 1 saturated heterocycles. The minimum Gasteiger partial charge on any atom is -0.495 e. The summed E-state index contributed by atoms with van der Waals surface area (Å²) in [6, 6.07) is 5.73. The highest BCUT2D eigenvalue weighted by Gasteiger charge is 2.30. The molecule has 1 heterocycles. The van der Waals surface area contributed by atoms with Gasteiger partial charge in [0.15, 0.2) is 0 Å². The van der Waals surface area contributed by atoms with Crippen LogP contribution in [0, 0.1) is 0 Å². The van der Waals surface area contributed by atoms with Gasteiger partial charge in [0.25, 0.3) is 0 Å². The first-order valence-electron chi connectivity index (χ1n) is 6.22. The number of rotatable bonds is 3. The molecule has 2 rings (SSSR count). The molecule has 0 radical (unpaired) electrons. The molecule has 102 valence electrons. The van der Waals surface area contributed by atoms with Crippen LogP contribution >= 0.6 is 0 Å². The minimum atomic E-state index is -0.127. The van der Waals surface area contributed by atoms with Gasteiger partial charge in [-0.05, 0) is 17.7 Å². The number of nitrogens with one attached hydrogen (secondary N) is 1. The number of benzene rings is 1. The second kappa shape index (κ2) is 5.30. The first-order chi connectivity index (χ1) is 9.01. The predicted molar refractivity (Wildman–Crippen MR) is 72.3 cm³/mol.